The van der Waals surface area contributed by atoms with E-state index in [0.717, 1.165) is 30.7 Å². The molecule has 1 aliphatic heterocycles. The van der Waals surface area contributed by atoms with E-state index >= 15 is 0 Å². The lowest BCUT2D eigenvalue weighted by molar-refractivity contribution is -0.133. The third kappa shape index (κ3) is 3.50. The predicted molar refractivity (Wildman–Crippen MR) is 103 cm³/mol. The van der Waals surface area contributed by atoms with E-state index in [1.165, 1.54) is 5.56 Å². The lowest BCUT2D eigenvalue weighted by Gasteiger charge is -2.34. The normalized spacial score (nSPS) is 15.4. The Morgan fingerprint density at radius 2 is 1.67 bits per heavy atom. The highest BCUT2D eigenvalue weighted by molar-refractivity contribution is 5.81. The molecule has 27 heavy (non-hydrogen) atoms. The number of hydrogen-bond donors (Lipinski definition) is 0. The van der Waals surface area contributed by atoms with Crippen LogP contribution >= 0.6 is 0 Å². The quantitative estimate of drug-likeness (QED) is 0.694. The van der Waals surface area contributed by atoms with Gasteiger partial charge in [-0.05, 0) is 29.8 Å². The third-order valence-corrected chi connectivity index (χ3v) is 5.23. The summed E-state index contributed by atoms with van der Waals surface area (Å²) in [7, 11) is 1.74. The van der Waals surface area contributed by atoms with Crippen molar-refractivity contribution in [3.63, 3.8) is 0 Å². The molecule has 3 aromatic rings. The van der Waals surface area contributed by atoms with Crippen LogP contribution in [0, 0.1) is 0 Å². The molecule has 0 unspecified atom stereocenters. The summed E-state index contributed by atoms with van der Waals surface area (Å²) >= 11 is 0. The molecule has 0 spiro atoms. The molecule has 0 saturated carbocycles. The van der Waals surface area contributed by atoms with Crippen molar-refractivity contribution in [3.05, 3.63) is 64.8 Å². The summed E-state index contributed by atoms with van der Waals surface area (Å²) in [5.74, 6) is -0.00276. The molecule has 3 heterocycles. The number of carbonyl (C=O) groups excluding carboxylic acids is 1. The maximum Gasteiger partial charge on any atom is 0.329 e. The molecule has 0 N–H and O–H groups in total. The molecule has 1 aromatic carbocycles. The van der Waals surface area contributed by atoms with Gasteiger partial charge in [0.05, 0.1) is 11.0 Å². The van der Waals surface area contributed by atoms with E-state index in [-0.39, 0.29) is 18.1 Å². The van der Waals surface area contributed by atoms with Crippen LogP contribution < -0.4 is 5.69 Å². The second-order valence-corrected chi connectivity index (χ2v) is 6.93. The van der Waals surface area contributed by atoms with Gasteiger partial charge in [0.25, 0.3) is 0 Å². The molecule has 0 radical (unpaired) electrons. The minimum atomic E-state index is -0.152. The monoisotopic (exact) mass is 365 g/mol. The fourth-order valence-electron chi connectivity index (χ4n) is 3.65. The Morgan fingerprint density at radius 1 is 1.00 bits per heavy atom. The van der Waals surface area contributed by atoms with Gasteiger partial charge in [0.15, 0.2) is 0 Å². The molecule has 1 aliphatic rings. The molecule has 140 valence electrons. The van der Waals surface area contributed by atoms with E-state index in [0.29, 0.717) is 13.1 Å². The SMILES string of the molecule is Cn1c(=O)n(CC(=O)N2CCN(Cc3ccncc3)CC2)c2ccccc21. The van der Waals surface area contributed by atoms with E-state index in [1.54, 1.807) is 28.6 Å². The van der Waals surface area contributed by atoms with E-state index in [4.69, 9.17) is 0 Å². The summed E-state index contributed by atoms with van der Waals surface area (Å²) in [4.78, 5) is 33.5. The number of fused-ring (bicyclic) bond motifs is 1. The highest BCUT2D eigenvalue weighted by atomic mass is 16.2. The first-order valence-electron chi connectivity index (χ1n) is 9.17. The van der Waals surface area contributed by atoms with E-state index in [2.05, 4.69) is 9.88 Å². The Morgan fingerprint density at radius 3 is 2.37 bits per heavy atom. The first-order chi connectivity index (χ1) is 13.1. The van der Waals surface area contributed by atoms with Crippen LogP contribution in [0.15, 0.2) is 53.6 Å². The Labute approximate surface area is 157 Å². The summed E-state index contributed by atoms with van der Waals surface area (Å²) in [6.45, 7) is 3.99. The Hall–Kier alpha value is -2.93. The van der Waals surface area contributed by atoms with Gasteiger partial charge >= 0.3 is 5.69 Å². The van der Waals surface area contributed by atoms with Gasteiger partial charge in [-0.15, -0.1) is 0 Å². The van der Waals surface area contributed by atoms with Crippen LogP contribution in [0.3, 0.4) is 0 Å². The van der Waals surface area contributed by atoms with Crippen LogP contribution in [-0.4, -0.2) is 56.0 Å². The number of amides is 1. The van der Waals surface area contributed by atoms with Gasteiger partial charge in [-0.3, -0.25) is 23.8 Å². The first-order valence-corrected chi connectivity index (χ1v) is 9.17. The number of imidazole rings is 1. The van der Waals surface area contributed by atoms with E-state index < -0.39 is 0 Å². The Bertz CT molecular complexity index is 1000. The fraction of sp³-hybridized carbons (Fsp3) is 0.350. The van der Waals surface area contributed by atoms with Crippen molar-refractivity contribution < 1.29 is 4.79 Å². The minimum Gasteiger partial charge on any atom is -0.339 e. The summed E-state index contributed by atoms with van der Waals surface area (Å²) in [5, 5.41) is 0. The largest absolute Gasteiger partial charge is 0.339 e. The van der Waals surface area contributed by atoms with Crippen molar-refractivity contribution in [1.82, 2.24) is 23.9 Å². The highest BCUT2D eigenvalue weighted by Crippen LogP contribution is 2.13. The number of benzene rings is 1. The van der Waals surface area contributed by atoms with Gasteiger partial charge in [0.2, 0.25) is 5.91 Å². The number of aromatic nitrogens is 3. The minimum absolute atomic E-state index is 0.00276. The Balaban J connectivity index is 1.41. The van der Waals surface area contributed by atoms with Crippen LogP contribution in [-0.2, 0) is 24.9 Å². The number of carbonyl (C=O) groups is 1. The molecule has 0 atom stereocenters. The molecule has 0 aliphatic carbocycles. The summed E-state index contributed by atoms with van der Waals surface area (Å²) in [6, 6.07) is 11.6. The number of piperazine rings is 1. The average molecular weight is 365 g/mol. The molecule has 7 heteroatoms. The highest BCUT2D eigenvalue weighted by Gasteiger charge is 2.22. The summed E-state index contributed by atoms with van der Waals surface area (Å²) < 4.78 is 3.16. The Kier molecular flexibility index (Phi) is 4.77. The molecule has 7 nitrogen and oxygen atoms in total. The summed E-state index contributed by atoms with van der Waals surface area (Å²) in [6.07, 6.45) is 3.61. The van der Waals surface area contributed by atoms with Gasteiger partial charge in [-0.1, -0.05) is 12.1 Å². The second kappa shape index (κ2) is 7.36. The number of nitrogens with zero attached hydrogens (tertiary/aromatic N) is 5. The van der Waals surface area contributed by atoms with Crippen molar-refractivity contribution in [3.8, 4) is 0 Å². The average Bonchev–Trinajstić information content (AvgIpc) is 2.94. The zero-order valence-corrected chi connectivity index (χ0v) is 15.4. The zero-order chi connectivity index (χ0) is 18.8. The molecule has 1 saturated heterocycles. The number of rotatable bonds is 4. The molecule has 4 rings (SSSR count). The molecular weight excluding hydrogens is 342 g/mol. The van der Waals surface area contributed by atoms with Crippen LogP contribution in [0.1, 0.15) is 5.56 Å². The number of pyridine rings is 1. The summed E-state index contributed by atoms with van der Waals surface area (Å²) in [5.41, 5.74) is 2.72. The van der Waals surface area contributed by atoms with Crippen molar-refractivity contribution in [2.75, 3.05) is 26.2 Å². The van der Waals surface area contributed by atoms with Gasteiger partial charge in [-0.2, -0.15) is 0 Å². The topological polar surface area (TPSA) is 63.4 Å². The number of hydrogen-bond acceptors (Lipinski definition) is 4. The lowest BCUT2D eigenvalue weighted by atomic mass is 10.2. The first kappa shape index (κ1) is 17.5. The van der Waals surface area contributed by atoms with Crippen molar-refractivity contribution in [1.29, 1.82) is 0 Å². The lowest BCUT2D eigenvalue weighted by Crippen LogP contribution is -2.49. The predicted octanol–water partition coefficient (Wildman–Crippen LogP) is 1.08. The van der Waals surface area contributed by atoms with Crippen molar-refractivity contribution in [2.24, 2.45) is 7.05 Å². The van der Waals surface area contributed by atoms with Crippen LogP contribution in [0.25, 0.3) is 11.0 Å². The van der Waals surface area contributed by atoms with E-state index in [9.17, 15) is 9.59 Å². The van der Waals surface area contributed by atoms with Crippen LogP contribution in [0.2, 0.25) is 0 Å². The zero-order valence-electron chi connectivity index (χ0n) is 15.4. The standard InChI is InChI=1S/C20H23N5O2/c1-22-17-4-2-3-5-18(17)25(20(22)27)15-19(26)24-12-10-23(11-13-24)14-16-6-8-21-9-7-16/h2-9H,10-15H2,1H3. The smallest absolute Gasteiger partial charge is 0.329 e. The molecule has 1 amide bonds. The maximum atomic E-state index is 12.8. The molecule has 1 fully saturated rings. The third-order valence-electron chi connectivity index (χ3n) is 5.23. The van der Waals surface area contributed by atoms with Gasteiger partial charge in [0.1, 0.15) is 6.54 Å². The van der Waals surface area contributed by atoms with Crippen LogP contribution in [0.4, 0.5) is 0 Å². The van der Waals surface area contributed by atoms with Crippen molar-refractivity contribution >= 4 is 16.9 Å². The number of aryl methyl sites for hydroxylation is 1. The molecular formula is C20H23N5O2. The molecule has 0 bridgehead atoms. The van der Waals surface area contributed by atoms with Gasteiger partial charge in [0, 0.05) is 52.2 Å². The number of para-hydroxylation sites is 2. The second-order valence-electron chi connectivity index (χ2n) is 6.93. The molecule has 2 aromatic heterocycles. The maximum absolute atomic E-state index is 12.8. The van der Waals surface area contributed by atoms with Gasteiger partial charge < -0.3 is 4.90 Å². The van der Waals surface area contributed by atoms with Crippen molar-refractivity contribution in [2.45, 2.75) is 13.1 Å². The van der Waals surface area contributed by atoms with Gasteiger partial charge in [-0.25, -0.2) is 4.79 Å². The van der Waals surface area contributed by atoms with E-state index in [1.807, 2.05) is 41.3 Å². The fourth-order valence-corrected chi connectivity index (χ4v) is 3.65. The van der Waals surface area contributed by atoms with Crippen LogP contribution in [0.5, 0.6) is 0 Å².